The van der Waals surface area contributed by atoms with Gasteiger partial charge in [-0.15, -0.1) is 0 Å². The van der Waals surface area contributed by atoms with Crippen LogP contribution in [0.3, 0.4) is 0 Å². The minimum Gasteiger partial charge on any atom is -0.462 e. The maximum Gasteiger partial charge on any atom is 0.416 e. The monoisotopic (exact) mass is 379 g/mol. The summed E-state index contributed by atoms with van der Waals surface area (Å²) in [4.78, 5) is 16.2. The van der Waals surface area contributed by atoms with Crippen molar-refractivity contribution in [3.05, 3.63) is 38.6 Å². The lowest BCUT2D eigenvalue weighted by molar-refractivity contribution is -0.137. The molecule has 0 atom stereocenters. The van der Waals surface area contributed by atoms with Crippen LogP contribution in [0.25, 0.3) is 11.3 Å². The number of nitrogens with zero attached hydrogens (tertiary/aromatic N) is 1. The molecule has 0 bridgehead atoms. The Labute approximate surface area is 130 Å². The maximum absolute atomic E-state index is 12.5. The zero-order valence-corrected chi connectivity index (χ0v) is 13.1. The van der Waals surface area contributed by atoms with Crippen molar-refractivity contribution in [3.8, 4) is 11.3 Å². The molecule has 2 aromatic rings. The van der Waals surface area contributed by atoms with Gasteiger partial charge in [0.25, 0.3) is 0 Å². The number of ether oxygens (including phenoxy) is 1. The van der Waals surface area contributed by atoms with E-state index in [2.05, 4.69) is 20.9 Å². The van der Waals surface area contributed by atoms with Gasteiger partial charge >= 0.3 is 12.1 Å². The average molecular weight is 380 g/mol. The van der Waals surface area contributed by atoms with Crippen molar-refractivity contribution in [1.29, 1.82) is 0 Å². The van der Waals surface area contributed by atoms with Gasteiger partial charge in [0.1, 0.15) is 4.88 Å². The van der Waals surface area contributed by atoms with Crippen LogP contribution in [0.5, 0.6) is 0 Å². The Bertz CT molecular complexity index is 652. The van der Waals surface area contributed by atoms with Gasteiger partial charge in [-0.05, 0) is 35.0 Å². The van der Waals surface area contributed by atoms with Crippen LogP contribution in [0.15, 0.2) is 28.2 Å². The number of carbonyl (C=O) groups excluding carboxylic acids is 1. The van der Waals surface area contributed by atoms with Crippen LogP contribution in [0, 0.1) is 0 Å². The minimum absolute atomic E-state index is 0.209. The van der Waals surface area contributed by atoms with Gasteiger partial charge in [0.2, 0.25) is 0 Å². The minimum atomic E-state index is -4.40. The smallest absolute Gasteiger partial charge is 0.416 e. The Morgan fingerprint density at radius 1 is 1.33 bits per heavy atom. The lowest BCUT2D eigenvalue weighted by atomic mass is 10.1. The Balaban J connectivity index is 2.40. The standard InChI is InChI=1S/C13H9BrF3NO2S/c1-2-20-11(19)10-9(18-12(14)21-10)7-3-5-8(6-4-7)13(15,16)17/h3-6H,2H2,1H3. The number of hydrogen-bond donors (Lipinski definition) is 0. The van der Waals surface area contributed by atoms with Gasteiger partial charge in [-0.25, -0.2) is 9.78 Å². The topological polar surface area (TPSA) is 39.2 Å². The molecule has 0 aliphatic rings. The number of rotatable bonds is 3. The molecule has 1 aromatic heterocycles. The van der Waals surface area contributed by atoms with Crippen molar-refractivity contribution < 1.29 is 22.7 Å². The van der Waals surface area contributed by atoms with E-state index in [1.54, 1.807) is 6.92 Å². The van der Waals surface area contributed by atoms with Crippen molar-refractivity contribution in [2.45, 2.75) is 13.1 Å². The number of alkyl halides is 3. The summed E-state index contributed by atoms with van der Waals surface area (Å²) in [5.41, 5.74) is -0.0229. The van der Waals surface area contributed by atoms with Crippen molar-refractivity contribution in [2.24, 2.45) is 0 Å². The van der Waals surface area contributed by atoms with Gasteiger partial charge in [0.05, 0.1) is 17.9 Å². The molecule has 112 valence electrons. The lowest BCUT2D eigenvalue weighted by Crippen LogP contribution is -2.05. The highest BCUT2D eigenvalue weighted by molar-refractivity contribution is 9.11. The molecule has 3 nitrogen and oxygen atoms in total. The zero-order valence-electron chi connectivity index (χ0n) is 10.7. The van der Waals surface area contributed by atoms with Crippen LogP contribution in [-0.2, 0) is 10.9 Å². The normalized spacial score (nSPS) is 11.5. The third kappa shape index (κ3) is 3.62. The molecule has 2 rings (SSSR count). The number of carbonyl (C=O) groups is 1. The molecule has 0 saturated carbocycles. The maximum atomic E-state index is 12.5. The van der Waals surface area contributed by atoms with Gasteiger partial charge in [0, 0.05) is 5.56 Å². The summed E-state index contributed by atoms with van der Waals surface area (Å²) in [7, 11) is 0. The molecule has 1 aromatic carbocycles. The quantitative estimate of drug-likeness (QED) is 0.721. The van der Waals surface area contributed by atoms with Crippen LogP contribution in [-0.4, -0.2) is 17.6 Å². The fourth-order valence-corrected chi connectivity index (χ4v) is 3.01. The first-order valence-corrected chi connectivity index (χ1v) is 7.45. The summed E-state index contributed by atoms with van der Waals surface area (Å²) in [6.45, 7) is 1.88. The summed E-state index contributed by atoms with van der Waals surface area (Å²) in [5, 5.41) is 0. The first-order valence-electron chi connectivity index (χ1n) is 5.84. The predicted octanol–water partition coefficient (Wildman–Crippen LogP) is 4.77. The molecule has 8 heteroatoms. The SMILES string of the molecule is CCOC(=O)c1sc(Br)nc1-c1ccc(C(F)(F)F)cc1. The van der Waals surface area contributed by atoms with E-state index in [4.69, 9.17) is 4.74 Å². The summed E-state index contributed by atoms with van der Waals surface area (Å²) >= 11 is 4.24. The molecule has 21 heavy (non-hydrogen) atoms. The van der Waals surface area contributed by atoms with Gasteiger partial charge in [-0.2, -0.15) is 13.2 Å². The molecule has 0 spiro atoms. The second kappa shape index (κ2) is 6.15. The Kier molecular flexibility index (Phi) is 4.67. The van der Waals surface area contributed by atoms with Crippen LogP contribution in [0.4, 0.5) is 13.2 Å². The van der Waals surface area contributed by atoms with E-state index < -0.39 is 17.7 Å². The third-order valence-electron chi connectivity index (χ3n) is 2.55. The average Bonchev–Trinajstić information content (AvgIpc) is 2.80. The Hall–Kier alpha value is -1.41. The highest BCUT2D eigenvalue weighted by atomic mass is 79.9. The van der Waals surface area contributed by atoms with E-state index in [0.29, 0.717) is 15.2 Å². The molecular weight excluding hydrogens is 371 g/mol. The fourth-order valence-electron chi connectivity index (χ4n) is 1.64. The highest BCUT2D eigenvalue weighted by Crippen LogP contribution is 2.34. The molecule has 0 aliphatic carbocycles. The lowest BCUT2D eigenvalue weighted by Gasteiger charge is -2.07. The second-order valence-electron chi connectivity index (χ2n) is 3.94. The first kappa shape index (κ1) is 16.0. The zero-order chi connectivity index (χ0) is 15.6. The van der Waals surface area contributed by atoms with E-state index >= 15 is 0 Å². The largest absolute Gasteiger partial charge is 0.462 e. The van der Waals surface area contributed by atoms with Crippen LogP contribution in [0.2, 0.25) is 0 Å². The van der Waals surface area contributed by atoms with Crippen molar-refractivity contribution >= 4 is 33.2 Å². The van der Waals surface area contributed by atoms with Gasteiger partial charge in [0.15, 0.2) is 3.92 Å². The fraction of sp³-hybridized carbons (Fsp3) is 0.231. The molecule has 0 radical (unpaired) electrons. The molecule has 0 fully saturated rings. The van der Waals surface area contributed by atoms with Crippen LogP contribution >= 0.6 is 27.3 Å². The van der Waals surface area contributed by atoms with Crippen molar-refractivity contribution in [1.82, 2.24) is 4.98 Å². The number of hydrogen-bond acceptors (Lipinski definition) is 4. The van der Waals surface area contributed by atoms with E-state index in [1.807, 2.05) is 0 Å². The Morgan fingerprint density at radius 2 is 1.95 bits per heavy atom. The number of esters is 1. The van der Waals surface area contributed by atoms with E-state index in [9.17, 15) is 18.0 Å². The molecule has 0 amide bonds. The Morgan fingerprint density at radius 3 is 2.48 bits per heavy atom. The number of halogens is 4. The second-order valence-corrected chi connectivity index (χ2v) is 6.22. The van der Waals surface area contributed by atoms with Crippen molar-refractivity contribution in [2.75, 3.05) is 6.61 Å². The van der Waals surface area contributed by atoms with Crippen LogP contribution in [0.1, 0.15) is 22.2 Å². The van der Waals surface area contributed by atoms with E-state index in [1.165, 1.54) is 12.1 Å². The first-order chi connectivity index (χ1) is 9.82. The molecule has 0 aliphatic heterocycles. The molecule has 1 heterocycles. The van der Waals surface area contributed by atoms with Gasteiger partial charge in [-0.1, -0.05) is 23.5 Å². The molecule has 0 saturated heterocycles. The third-order valence-corrected chi connectivity index (χ3v) is 4.03. The summed E-state index contributed by atoms with van der Waals surface area (Å²) < 4.78 is 43.0. The number of thiazole rings is 1. The molecule has 0 unspecified atom stereocenters. The molecular formula is C13H9BrF3NO2S. The summed E-state index contributed by atoms with van der Waals surface area (Å²) in [5.74, 6) is -0.546. The number of benzene rings is 1. The van der Waals surface area contributed by atoms with Gasteiger partial charge < -0.3 is 4.74 Å². The van der Waals surface area contributed by atoms with Crippen LogP contribution < -0.4 is 0 Å². The summed E-state index contributed by atoms with van der Waals surface area (Å²) in [6, 6.07) is 4.48. The summed E-state index contributed by atoms with van der Waals surface area (Å²) in [6.07, 6.45) is -4.40. The highest BCUT2D eigenvalue weighted by Gasteiger charge is 2.30. The van der Waals surface area contributed by atoms with Gasteiger partial charge in [-0.3, -0.25) is 0 Å². The van der Waals surface area contributed by atoms with Crippen molar-refractivity contribution in [3.63, 3.8) is 0 Å². The predicted molar refractivity (Wildman–Crippen MR) is 76.2 cm³/mol. The van der Waals surface area contributed by atoms with E-state index in [-0.39, 0.29) is 11.5 Å². The molecule has 0 N–H and O–H groups in total. The number of aromatic nitrogens is 1. The van der Waals surface area contributed by atoms with E-state index in [0.717, 1.165) is 23.5 Å².